The number of carbonyl (C=O) groups is 2. The summed E-state index contributed by atoms with van der Waals surface area (Å²) in [7, 11) is 0. The lowest BCUT2D eigenvalue weighted by Crippen LogP contribution is -2.44. The van der Waals surface area contributed by atoms with Crippen molar-refractivity contribution in [2.24, 2.45) is 11.8 Å². The lowest BCUT2D eigenvalue weighted by atomic mass is 9.92. The molecule has 25 heavy (non-hydrogen) atoms. The number of piperidine rings is 1. The first-order valence-corrected chi connectivity index (χ1v) is 8.82. The van der Waals surface area contributed by atoms with E-state index in [-0.39, 0.29) is 18.9 Å². The molecule has 1 aliphatic heterocycles. The van der Waals surface area contributed by atoms with Gasteiger partial charge in [-0.05, 0) is 36.8 Å². The lowest BCUT2D eigenvalue weighted by molar-refractivity contribution is -0.152. The van der Waals surface area contributed by atoms with Crippen LogP contribution in [0.4, 0.5) is 0 Å². The number of rotatable bonds is 4. The standard InChI is InChI=1S/C20H25NO4/c1-13-4-5-17-16(11-24-18(17)7-13)8-20(23)25-12-19(22)21-9-14(2)6-15(3)10-21/h4-5,7,11,14-15H,6,8-10,12H2,1-3H3/t14-,15-/m0/s1. The average molecular weight is 343 g/mol. The Morgan fingerprint density at radius 2 is 1.96 bits per heavy atom. The summed E-state index contributed by atoms with van der Waals surface area (Å²) in [6, 6.07) is 5.86. The number of esters is 1. The monoisotopic (exact) mass is 343 g/mol. The Labute approximate surface area is 147 Å². The molecule has 134 valence electrons. The maximum atomic E-state index is 12.3. The fourth-order valence-electron chi connectivity index (χ4n) is 3.63. The Morgan fingerprint density at radius 1 is 1.24 bits per heavy atom. The molecular weight excluding hydrogens is 318 g/mol. The normalized spacial score (nSPS) is 20.7. The first-order valence-electron chi connectivity index (χ1n) is 8.82. The van der Waals surface area contributed by atoms with Gasteiger partial charge in [-0.25, -0.2) is 0 Å². The molecule has 0 radical (unpaired) electrons. The Bertz CT molecular complexity index is 769. The number of likely N-dealkylation sites (tertiary alicyclic amines) is 1. The van der Waals surface area contributed by atoms with E-state index in [0.717, 1.165) is 41.6 Å². The minimum absolute atomic E-state index is 0.107. The molecule has 1 aromatic heterocycles. The van der Waals surface area contributed by atoms with Crippen LogP contribution in [0.25, 0.3) is 11.0 Å². The van der Waals surface area contributed by atoms with Gasteiger partial charge >= 0.3 is 5.97 Å². The van der Waals surface area contributed by atoms with Crippen LogP contribution in [0.1, 0.15) is 31.4 Å². The molecule has 5 heteroatoms. The van der Waals surface area contributed by atoms with Gasteiger partial charge < -0.3 is 14.1 Å². The van der Waals surface area contributed by atoms with Gasteiger partial charge in [0.1, 0.15) is 5.58 Å². The minimum atomic E-state index is -0.408. The number of nitrogens with zero attached hydrogens (tertiary/aromatic N) is 1. The second-order valence-electron chi connectivity index (χ2n) is 7.34. The maximum absolute atomic E-state index is 12.3. The van der Waals surface area contributed by atoms with Gasteiger partial charge in [0.2, 0.25) is 0 Å². The fraction of sp³-hybridized carbons (Fsp3) is 0.500. The number of hydrogen-bond donors (Lipinski definition) is 0. The van der Waals surface area contributed by atoms with Gasteiger partial charge in [-0.2, -0.15) is 0 Å². The number of carbonyl (C=O) groups excluding carboxylic acids is 2. The predicted molar refractivity (Wildman–Crippen MR) is 95.1 cm³/mol. The summed E-state index contributed by atoms with van der Waals surface area (Å²) in [5.74, 6) is 0.461. The fourth-order valence-corrected chi connectivity index (χ4v) is 3.63. The predicted octanol–water partition coefficient (Wildman–Crippen LogP) is 3.33. The van der Waals surface area contributed by atoms with Crippen LogP contribution in [0.3, 0.4) is 0 Å². The summed E-state index contributed by atoms with van der Waals surface area (Å²) >= 11 is 0. The largest absolute Gasteiger partial charge is 0.464 e. The van der Waals surface area contributed by atoms with Crippen LogP contribution in [0.5, 0.6) is 0 Å². The lowest BCUT2D eigenvalue weighted by Gasteiger charge is -2.34. The topological polar surface area (TPSA) is 59.8 Å². The number of amides is 1. The van der Waals surface area contributed by atoms with Crippen LogP contribution in [0.15, 0.2) is 28.9 Å². The van der Waals surface area contributed by atoms with E-state index in [1.807, 2.05) is 30.0 Å². The van der Waals surface area contributed by atoms with Crippen LogP contribution in [0.2, 0.25) is 0 Å². The Morgan fingerprint density at radius 3 is 2.68 bits per heavy atom. The van der Waals surface area contributed by atoms with Crippen molar-refractivity contribution in [2.45, 2.75) is 33.6 Å². The molecule has 2 atom stereocenters. The van der Waals surface area contributed by atoms with Crippen molar-refractivity contribution in [1.82, 2.24) is 4.90 Å². The minimum Gasteiger partial charge on any atom is -0.464 e. The van der Waals surface area contributed by atoms with Gasteiger partial charge in [-0.15, -0.1) is 0 Å². The highest BCUT2D eigenvalue weighted by molar-refractivity contribution is 5.87. The molecule has 1 amide bonds. The Balaban J connectivity index is 1.54. The van der Waals surface area contributed by atoms with E-state index in [1.165, 1.54) is 0 Å². The van der Waals surface area contributed by atoms with Gasteiger partial charge in [-0.1, -0.05) is 26.0 Å². The molecule has 1 saturated heterocycles. The van der Waals surface area contributed by atoms with E-state index in [1.54, 1.807) is 6.26 Å². The van der Waals surface area contributed by atoms with Gasteiger partial charge in [0.05, 0.1) is 12.7 Å². The smallest absolute Gasteiger partial charge is 0.310 e. The number of furan rings is 1. The SMILES string of the molecule is Cc1ccc2c(CC(=O)OCC(=O)N3C[C@@H](C)C[C@H](C)C3)coc2c1. The van der Waals surface area contributed by atoms with Crippen molar-refractivity contribution in [3.05, 3.63) is 35.6 Å². The van der Waals surface area contributed by atoms with Crippen molar-refractivity contribution in [3.8, 4) is 0 Å². The van der Waals surface area contributed by atoms with Crippen molar-refractivity contribution in [2.75, 3.05) is 19.7 Å². The first-order chi connectivity index (χ1) is 11.9. The first kappa shape index (κ1) is 17.5. The third-order valence-electron chi connectivity index (χ3n) is 4.72. The summed E-state index contributed by atoms with van der Waals surface area (Å²) < 4.78 is 10.7. The molecule has 1 aromatic carbocycles. The second-order valence-corrected chi connectivity index (χ2v) is 7.34. The van der Waals surface area contributed by atoms with E-state index in [9.17, 15) is 9.59 Å². The van der Waals surface area contributed by atoms with E-state index in [4.69, 9.17) is 9.15 Å². The zero-order valence-electron chi connectivity index (χ0n) is 15.1. The number of benzene rings is 1. The number of hydrogen-bond acceptors (Lipinski definition) is 4. The zero-order chi connectivity index (χ0) is 18.0. The highest BCUT2D eigenvalue weighted by Crippen LogP contribution is 2.23. The zero-order valence-corrected chi connectivity index (χ0v) is 15.1. The summed E-state index contributed by atoms with van der Waals surface area (Å²) in [6.07, 6.45) is 2.83. The van der Waals surface area contributed by atoms with Crippen LogP contribution in [-0.4, -0.2) is 36.5 Å². The molecular formula is C20H25NO4. The van der Waals surface area contributed by atoms with Gasteiger partial charge in [0.25, 0.3) is 5.91 Å². The molecule has 0 N–H and O–H groups in total. The van der Waals surface area contributed by atoms with E-state index >= 15 is 0 Å². The summed E-state index contributed by atoms with van der Waals surface area (Å²) in [5.41, 5.74) is 2.65. The van der Waals surface area contributed by atoms with Crippen molar-refractivity contribution >= 4 is 22.8 Å². The molecule has 0 saturated carbocycles. The summed E-state index contributed by atoms with van der Waals surface area (Å²) in [4.78, 5) is 26.2. The Hall–Kier alpha value is -2.30. The molecule has 0 spiro atoms. The quantitative estimate of drug-likeness (QED) is 0.799. The molecule has 2 aromatic rings. The number of aryl methyl sites for hydroxylation is 1. The van der Waals surface area contributed by atoms with Gasteiger partial charge in [0, 0.05) is 24.0 Å². The average Bonchev–Trinajstić information content (AvgIpc) is 2.93. The molecule has 3 rings (SSSR count). The Kier molecular flexibility index (Phi) is 5.11. The molecule has 5 nitrogen and oxygen atoms in total. The third-order valence-corrected chi connectivity index (χ3v) is 4.72. The van der Waals surface area contributed by atoms with E-state index in [2.05, 4.69) is 13.8 Å². The molecule has 0 bridgehead atoms. The highest BCUT2D eigenvalue weighted by Gasteiger charge is 2.26. The third kappa shape index (κ3) is 4.21. The molecule has 0 unspecified atom stereocenters. The molecule has 0 aliphatic carbocycles. The maximum Gasteiger partial charge on any atom is 0.310 e. The molecule has 1 fully saturated rings. The second kappa shape index (κ2) is 7.30. The van der Waals surface area contributed by atoms with Crippen molar-refractivity contribution in [3.63, 3.8) is 0 Å². The number of ether oxygens (including phenoxy) is 1. The van der Waals surface area contributed by atoms with Crippen LogP contribution in [0, 0.1) is 18.8 Å². The molecule has 1 aliphatic rings. The highest BCUT2D eigenvalue weighted by atomic mass is 16.5. The van der Waals surface area contributed by atoms with Crippen molar-refractivity contribution < 1.29 is 18.7 Å². The van der Waals surface area contributed by atoms with Crippen molar-refractivity contribution in [1.29, 1.82) is 0 Å². The molecule has 2 heterocycles. The van der Waals surface area contributed by atoms with E-state index < -0.39 is 5.97 Å². The van der Waals surface area contributed by atoms with E-state index in [0.29, 0.717) is 11.8 Å². The number of fused-ring (bicyclic) bond motifs is 1. The van der Waals surface area contributed by atoms with Crippen LogP contribution < -0.4 is 0 Å². The summed E-state index contributed by atoms with van der Waals surface area (Å²) in [5, 5.41) is 0.910. The van der Waals surface area contributed by atoms with Gasteiger partial charge in [-0.3, -0.25) is 9.59 Å². The summed E-state index contributed by atoms with van der Waals surface area (Å²) in [6.45, 7) is 7.58. The van der Waals surface area contributed by atoms with Crippen LogP contribution in [-0.2, 0) is 20.7 Å². The van der Waals surface area contributed by atoms with Crippen LogP contribution >= 0.6 is 0 Å². The van der Waals surface area contributed by atoms with Gasteiger partial charge in [0.15, 0.2) is 6.61 Å².